The molecule has 1 amide bonds. The lowest BCUT2D eigenvalue weighted by molar-refractivity contribution is -0.858. The van der Waals surface area contributed by atoms with Crippen molar-refractivity contribution in [2.75, 3.05) is 27.2 Å². The second kappa shape index (κ2) is 7.47. The Balaban J connectivity index is 1.97. The minimum absolute atomic E-state index is 0.101. The molecular formula is C19H23N2O4S+. The first kappa shape index (κ1) is 18.4. The second-order valence-electron chi connectivity index (χ2n) is 6.73. The first-order valence-electron chi connectivity index (χ1n) is 8.57. The highest BCUT2D eigenvalue weighted by molar-refractivity contribution is 7.12. The van der Waals surface area contributed by atoms with Gasteiger partial charge in [0.25, 0.3) is 5.91 Å². The van der Waals surface area contributed by atoms with Gasteiger partial charge in [-0.2, -0.15) is 0 Å². The molecule has 2 N–H and O–H groups in total. The molecule has 0 spiro atoms. The average Bonchev–Trinajstić information content (AvgIpc) is 3.30. The van der Waals surface area contributed by atoms with Crippen molar-refractivity contribution < 1.29 is 24.0 Å². The predicted octanol–water partition coefficient (Wildman–Crippen LogP) is 1.76. The van der Waals surface area contributed by atoms with Crippen LogP contribution in [0.25, 0.3) is 0 Å². The van der Waals surface area contributed by atoms with E-state index in [4.69, 9.17) is 4.42 Å². The summed E-state index contributed by atoms with van der Waals surface area (Å²) in [6, 6.07) is 6.33. The van der Waals surface area contributed by atoms with E-state index in [0.717, 1.165) is 13.0 Å². The number of aryl methyl sites for hydroxylation is 1. The maximum Gasteiger partial charge on any atom is 0.290 e. The summed E-state index contributed by atoms with van der Waals surface area (Å²) in [4.78, 5) is 28.9. The van der Waals surface area contributed by atoms with Crippen molar-refractivity contribution >= 4 is 23.0 Å². The van der Waals surface area contributed by atoms with Crippen LogP contribution in [0.15, 0.2) is 45.4 Å². The monoisotopic (exact) mass is 375 g/mol. The number of aliphatic hydroxyl groups is 1. The first-order valence-corrected chi connectivity index (χ1v) is 9.45. The molecule has 0 aliphatic carbocycles. The minimum atomic E-state index is -0.692. The molecule has 3 heterocycles. The molecular weight excluding hydrogens is 352 g/mol. The number of aliphatic hydroxyl groups excluding tert-OH is 1. The number of ketones is 1. The van der Waals surface area contributed by atoms with Crippen LogP contribution in [0.1, 0.15) is 33.7 Å². The third-order valence-corrected chi connectivity index (χ3v) is 5.27. The number of Topliss-reactive ketones (excluding diaryl/α,β-unsaturated/α-hetero) is 1. The molecule has 1 aliphatic heterocycles. The molecule has 26 heavy (non-hydrogen) atoms. The third kappa shape index (κ3) is 3.45. The van der Waals surface area contributed by atoms with Gasteiger partial charge in [-0.1, -0.05) is 6.07 Å². The van der Waals surface area contributed by atoms with Gasteiger partial charge in [-0.25, -0.2) is 0 Å². The Morgan fingerprint density at radius 1 is 1.35 bits per heavy atom. The van der Waals surface area contributed by atoms with E-state index in [-0.39, 0.29) is 11.4 Å². The van der Waals surface area contributed by atoms with Gasteiger partial charge in [0.05, 0.1) is 31.1 Å². The molecule has 0 radical (unpaired) electrons. The number of hydrogen-bond donors (Lipinski definition) is 2. The molecule has 3 rings (SSSR count). The molecule has 0 saturated heterocycles. The van der Waals surface area contributed by atoms with Crippen molar-refractivity contribution in [2.45, 2.75) is 19.4 Å². The number of carbonyl (C=O) groups is 2. The molecule has 0 bridgehead atoms. The zero-order valence-electron chi connectivity index (χ0n) is 15.1. The number of rotatable bonds is 7. The van der Waals surface area contributed by atoms with Gasteiger partial charge in [0, 0.05) is 13.0 Å². The average molecular weight is 375 g/mol. The molecule has 7 heteroatoms. The standard InChI is InChI=1S/C19H22N2O4S/c1-12-7-8-13(25-12)16-15(17(22)14-6-4-11-26-14)18(23)19(24)21(16)10-5-9-20(2)3/h4,6-8,11,16,23H,5,9-10H2,1-3H3/p+1/t16-/m0/s1. The number of furan rings is 1. The van der Waals surface area contributed by atoms with Crippen LogP contribution in [-0.4, -0.2) is 48.9 Å². The topological polar surface area (TPSA) is 75.2 Å². The molecule has 0 fully saturated rings. The van der Waals surface area contributed by atoms with E-state index >= 15 is 0 Å². The quantitative estimate of drug-likeness (QED) is 0.723. The Labute approximate surface area is 156 Å². The number of nitrogens with one attached hydrogen (secondary N) is 1. The lowest BCUT2D eigenvalue weighted by Crippen LogP contribution is -3.05. The van der Waals surface area contributed by atoms with Crippen LogP contribution in [-0.2, 0) is 4.79 Å². The van der Waals surface area contributed by atoms with Gasteiger partial charge in [-0.15, -0.1) is 11.3 Å². The van der Waals surface area contributed by atoms with Gasteiger partial charge in [-0.3, -0.25) is 9.59 Å². The highest BCUT2D eigenvalue weighted by atomic mass is 32.1. The predicted molar refractivity (Wildman–Crippen MR) is 98.5 cm³/mol. The number of thiophene rings is 1. The van der Waals surface area contributed by atoms with Crippen molar-refractivity contribution in [3.8, 4) is 0 Å². The smallest absolute Gasteiger partial charge is 0.290 e. The van der Waals surface area contributed by atoms with Gasteiger partial charge in [0.1, 0.15) is 17.6 Å². The molecule has 2 aromatic rings. The van der Waals surface area contributed by atoms with Crippen LogP contribution >= 0.6 is 11.3 Å². The minimum Gasteiger partial charge on any atom is -0.503 e. The zero-order valence-corrected chi connectivity index (χ0v) is 15.9. The zero-order chi connectivity index (χ0) is 18.8. The van der Waals surface area contributed by atoms with E-state index in [1.165, 1.54) is 21.1 Å². The van der Waals surface area contributed by atoms with E-state index in [9.17, 15) is 14.7 Å². The summed E-state index contributed by atoms with van der Waals surface area (Å²) in [6.45, 7) is 3.13. The van der Waals surface area contributed by atoms with Gasteiger partial charge in [0.2, 0.25) is 5.78 Å². The molecule has 0 saturated carbocycles. The highest BCUT2D eigenvalue weighted by Gasteiger charge is 2.45. The number of hydrogen-bond acceptors (Lipinski definition) is 5. The summed E-state index contributed by atoms with van der Waals surface area (Å²) in [5.74, 6) is -0.126. The SMILES string of the molecule is Cc1ccc([C@H]2C(C(=O)c3cccs3)=C(O)C(=O)N2CCC[NH+](C)C)o1. The molecule has 138 valence electrons. The number of nitrogens with zero attached hydrogens (tertiary/aromatic N) is 1. The second-order valence-corrected chi connectivity index (χ2v) is 7.68. The third-order valence-electron chi connectivity index (χ3n) is 4.40. The van der Waals surface area contributed by atoms with Crippen LogP contribution in [0.2, 0.25) is 0 Å². The van der Waals surface area contributed by atoms with Crippen molar-refractivity contribution in [1.82, 2.24) is 4.90 Å². The molecule has 0 unspecified atom stereocenters. The largest absolute Gasteiger partial charge is 0.503 e. The van der Waals surface area contributed by atoms with E-state index in [1.54, 1.807) is 29.6 Å². The van der Waals surface area contributed by atoms with Gasteiger partial charge in [-0.05, 0) is 30.5 Å². The van der Waals surface area contributed by atoms with Crippen LogP contribution in [0.3, 0.4) is 0 Å². The van der Waals surface area contributed by atoms with Gasteiger partial charge < -0.3 is 19.3 Å². The summed E-state index contributed by atoms with van der Waals surface area (Å²) in [5.41, 5.74) is 0.101. The number of carbonyl (C=O) groups excluding carboxylic acids is 2. The lowest BCUT2D eigenvalue weighted by Gasteiger charge is -2.25. The van der Waals surface area contributed by atoms with E-state index in [0.29, 0.717) is 22.9 Å². The number of quaternary nitrogens is 1. The fourth-order valence-corrected chi connectivity index (χ4v) is 3.83. The summed E-state index contributed by atoms with van der Waals surface area (Å²) in [6.07, 6.45) is 0.762. The van der Waals surface area contributed by atoms with Crippen molar-refractivity contribution in [3.63, 3.8) is 0 Å². The Morgan fingerprint density at radius 3 is 2.69 bits per heavy atom. The van der Waals surface area contributed by atoms with E-state index < -0.39 is 17.7 Å². The molecule has 6 nitrogen and oxygen atoms in total. The van der Waals surface area contributed by atoms with Crippen LogP contribution < -0.4 is 4.90 Å². The Hall–Kier alpha value is -2.38. The lowest BCUT2D eigenvalue weighted by atomic mass is 10.00. The fraction of sp³-hybridized carbons (Fsp3) is 0.368. The van der Waals surface area contributed by atoms with E-state index in [1.807, 2.05) is 21.0 Å². The highest BCUT2D eigenvalue weighted by Crippen LogP contribution is 2.40. The fourth-order valence-electron chi connectivity index (χ4n) is 3.16. The maximum atomic E-state index is 13.0. The first-order chi connectivity index (χ1) is 12.4. The van der Waals surface area contributed by atoms with Crippen molar-refractivity contribution in [1.29, 1.82) is 0 Å². The normalized spacial score (nSPS) is 17.6. The van der Waals surface area contributed by atoms with Crippen LogP contribution in [0.4, 0.5) is 0 Å². The summed E-state index contributed by atoms with van der Waals surface area (Å²) in [5, 5.41) is 12.3. The summed E-state index contributed by atoms with van der Waals surface area (Å²) in [7, 11) is 4.08. The molecule has 0 aromatic carbocycles. The Bertz CT molecular complexity index is 836. The molecule has 1 atom stereocenters. The van der Waals surface area contributed by atoms with Crippen LogP contribution in [0.5, 0.6) is 0 Å². The van der Waals surface area contributed by atoms with Crippen molar-refractivity contribution in [2.24, 2.45) is 0 Å². The van der Waals surface area contributed by atoms with Gasteiger partial charge in [0.15, 0.2) is 5.76 Å². The summed E-state index contributed by atoms with van der Waals surface area (Å²) >= 11 is 1.29. The Morgan fingerprint density at radius 2 is 2.12 bits per heavy atom. The van der Waals surface area contributed by atoms with E-state index in [2.05, 4.69) is 0 Å². The van der Waals surface area contributed by atoms with Crippen molar-refractivity contribution in [3.05, 3.63) is 57.4 Å². The van der Waals surface area contributed by atoms with Gasteiger partial charge >= 0.3 is 0 Å². The summed E-state index contributed by atoms with van der Waals surface area (Å²) < 4.78 is 5.73. The molecule has 1 aliphatic rings. The maximum absolute atomic E-state index is 13.0. The molecule has 2 aromatic heterocycles. The number of amides is 1. The van der Waals surface area contributed by atoms with Crippen LogP contribution in [0, 0.1) is 6.92 Å². The Kier molecular flexibility index (Phi) is 5.29.